The Kier molecular flexibility index (Phi) is 3.30. The highest BCUT2D eigenvalue weighted by atomic mass is 32.1. The van der Waals surface area contributed by atoms with E-state index in [1.807, 2.05) is 12.1 Å². The summed E-state index contributed by atoms with van der Waals surface area (Å²) in [7, 11) is 0. The highest BCUT2D eigenvalue weighted by Crippen LogP contribution is 2.35. The molecule has 0 aliphatic carbocycles. The van der Waals surface area contributed by atoms with Crippen LogP contribution in [0.4, 0.5) is 4.39 Å². The zero-order valence-electron chi connectivity index (χ0n) is 9.86. The minimum absolute atomic E-state index is 0.0907. The van der Waals surface area contributed by atoms with Crippen LogP contribution in [0, 0.1) is 11.7 Å². The fourth-order valence-electron chi connectivity index (χ4n) is 2.45. The Morgan fingerprint density at radius 1 is 1.44 bits per heavy atom. The second-order valence-electron chi connectivity index (χ2n) is 4.60. The van der Waals surface area contributed by atoms with E-state index in [0.29, 0.717) is 5.92 Å². The summed E-state index contributed by atoms with van der Waals surface area (Å²) in [5.74, 6) is 5.86. The topological polar surface area (TPSA) is 47.3 Å². The maximum absolute atomic E-state index is 13.2. The summed E-state index contributed by atoms with van der Waals surface area (Å²) in [6, 6.07) is 6.98. The van der Waals surface area contributed by atoms with Crippen LogP contribution in [0.1, 0.15) is 17.3 Å². The first kappa shape index (κ1) is 12.0. The smallest absolute Gasteiger partial charge is 0.123 e. The molecule has 3 N–H and O–H groups in total. The Balaban J connectivity index is 1.96. The lowest BCUT2D eigenvalue weighted by atomic mass is 9.98. The van der Waals surface area contributed by atoms with Crippen molar-refractivity contribution >= 4 is 21.4 Å². The van der Waals surface area contributed by atoms with Crippen LogP contribution in [0.5, 0.6) is 0 Å². The molecular weight excluding hydrogens is 251 g/mol. The summed E-state index contributed by atoms with van der Waals surface area (Å²) in [5, 5.41) is 0.939. The molecule has 96 valence electrons. The molecule has 1 fully saturated rings. The van der Waals surface area contributed by atoms with Crippen molar-refractivity contribution in [2.45, 2.75) is 12.5 Å². The van der Waals surface area contributed by atoms with E-state index in [9.17, 15) is 4.39 Å². The predicted molar refractivity (Wildman–Crippen MR) is 70.8 cm³/mol. The van der Waals surface area contributed by atoms with E-state index in [-0.39, 0.29) is 11.9 Å². The van der Waals surface area contributed by atoms with Crippen LogP contribution in [-0.4, -0.2) is 13.2 Å². The monoisotopic (exact) mass is 266 g/mol. The number of thiophene rings is 1. The molecule has 0 spiro atoms. The van der Waals surface area contributed by atoms with Crippen LogP contribution < -0.4 is 11.3 Å². The van der Waals surface area contributed by atoms with Crippen molar-refractivity contribution in [3.05, 3.63) is 35.0 Å². The molecule has 1 aromatic heterocycles. The van der Waals surface area contributed by atoms with E-state index >= 15 is 0 Å². The molecule has 0 radical (unpaired) electrons. The molecule has 2 heterocycles. The summed E-state index contributed by atoms with van der Waals surface area (Å²) in [5.41, 5.74) is 2.87. The summed E-state index contributed by atoms with van der Waals surface area (Å²) >= 11 is 1.66. The number of hydrazine groups is 1. The molecule has 0 amide bonds. The van der Waals surface area contributed by atoms with Crippen LogP contribution in [-0.2, 0) is 4.74 Å². The average Bonchev–Trinajstić information content (AvgIpc) is 2.98. The SMILES string of the molecule is NNC(c1cc2cc(F)ccc2s1)C1CCOC1. The number of hydrogen-bond acceptors (Lipinski definition) is 4. The van der Waals surface area contributed by atoms with Crippen molar-refractivity contribution < 1.29 is 9.13 Å². The lowest BCUT2D eigenvalue weighted by Gasteiger charge is -2.19. The Labute approximate surface area is 109 Å². The van der Waals surface area contributed by atoms with Gasteiger partial charge in [0.25, 0.3) is 0 Å². The first-order chi connectivity index (χ1) is 8.78. The molecule has 2 atom stereocenters. The molecule has 2 unspecified atom stereocenters. The molecule has 1 aliphatic rings. The third kappa shape index (κ3) is 2.14. The van der Waals surface area contributed by atoms with Gasteiger partial charge in [-0.15, -0.1) is 11.3 Å². The van der Waals surface area contributed by atoms with Crippen LogP contribution in [0.15, 0.2) is 24.3 Å². The van der Waals surface area contributed by atoms with Crippen LogP contribution in [0.25, 0.3) is 10.1 Å². The number of hydrogen-bond donors (Lipinski definition) is 2. The van der Waals surface area contributed by atoms with Crippen molar-refractivity contribution in [3.63, 3.8) is 0 Å². The fourth-order valence-corrected chi connectivity index (χ4v) is 3.65. The quantitative estimate of drug-likeness (QED) is 0.663. The normalized spacial score (nSPS) is 21.6. The second-order valence-corrected chi connectivity index (χ2v) is 5.71. The highest BCUT2D eigenvalue weighted by molar-refractivity contribution is 7.19. The van der Waals surface area contributed by atoms with Gasteiger partial charge < -0.3 is 4.74 Å². The van der Waals surface area contributed by atoms with E-state index in [0.717, 1.165) is 34.6 Å². The average molecular weight is 266 g/mol. The minimum Gasteiger partial charge on any atom is -0.381 e. The number of nitrogens with one attached hydrogen (secondary N) is 1. The van der Waals surface area contributed by atoms with Crippen molar-refractivity contribution in [1.29, 1.82) is 0 Å². The van der Waals surface area contributed by atoms with Gasteiger partial charge in [0.05, 0.1) is 12.6 Å². The van der Waals surface area contributed by atoms with Gasteiger partial charge >= 0.3 is 0 Å². The third-order valence-corrected chi connectivity index (χ3v) is 4.62. The number of fused-ring (bicyclic) bond motifs is 1. The zero-order valence-corrected chi connectivity index (χ0v) is 10.7. The number of halogens is 1. The highest BCUT2D eigenvalue weighted by Gasteiger charge is 2.27. The van der Waals surface area contributed by atoms with Gasteiger partial charge in [0.2, 0.25) is 0 Å². The van der Waals surface area contributed by atoms with Gasteiger partial charge in [0.1, 0.15) is 5.82 Å². The number of nitrogens with two attached hydrogens (primary N) is 1. The maximum Gasteiger partial charge on any atom is 0.123 e. The standard InChI is InChI=1S/C13H15FN2OS/c14-10-1-2-11-9(5-10)6-12(18-11)13(16-15)8-3-4-17-7-8/h1-2,5-6,8,13,16H,3-4,7,15H2. The van der Waals surface area contributed by atoms with Crippen LogP contribution in [0.3, 0.4) is 0 Å². The number of ether oxygens (including phenoxy) is 1. The Morgan fingerprint density at radius 2 is 2.33 bits per heavy atom. The van der Waals surface area contributed by atoms with Gasteiger partial charge in [-0.1, -0.05) is 0 Å². The summed E-state index contributed by atoms with van der Waals surface area (Å²) in [6.07, 6.45) is 1.01. The molecule has 2 aromatic rings. The van der Waals surface area contributed by atoms with Crippen molar-refractivity contribution in [2.75, 3.05) is 13.2 Å². The first-order valence-electron chi connectivity index (χ1n) is 6.01. The van der Waals surface area contributed by atoms with Crippen molar-refractivity contribution in [1.82, 2.24) is 5.43 Å². The van der Waals surface area contributed by atoms with Crippen LogP contribution in [0.2, 0.25) is 0 Å². The molecule has 5 heteroatoms. The first-order valence-corrected chi connectivity index (χ1v) is 6.82. The summed E-state index contributed by atoms with van der Waals surface area (Å²) in [6.45, 7) is 1.53. The second kappa shape index (κ2) is 4.93. The molecule has 1 aromatic carbocycles. The van der Waals surface area contributed by atoms with E-state index in [4.69, 9.17) is 10.6 Å². The van der Waals surface area contributed by atoms with Crippen molar-refractivity contribution in [2.24, 2.45) is 11.8 Å². The van der Waals surface area contributed by atoms with Gasteiger partial charge in [-0.05, 0) is 36.1 Å². The Bertz CT molecular complexity index is 551. The van der Waals surface area contributed by atoms with Crippen LogP contribution >= 0.6 is 11.3 Å². The van der Waals surface area contributed by atoms with Gasteiger partial charge in [0.15, 0.2) is 0 Å². The molecule has 3 rings (SSSR count). The Hall–Kier alpha value is -1.01. The Morgan fingerprint density at radius 3 is 3.06 bits per heavy atom. The minimum atomic E-state index is -0.201. The summed E-state index contributed by atoms with van der Waals surface area (Å²) < 4.78 is 19.7. The van der Waals surface area contributed by atoms with E-state index in [2.05, 4.69) is 5.43 Å². The van der Waals surface area contributed by atoms with Gasteiger partial charge in [-0.25, -0.2) is 4.39 Å². The molecule has 3 nitrogen and oxygen atoms in total. The summed E-state index contributed by atoms with van der Waals surface area (Å²) in [4.78, 5) is 1.15. The van der Waals surface area contributed by atoms with Gasteiger partial charge in [0, 0.05) is 22.1 Å². The lowest BCUT2D eigenvalue weighted by molar-refractivity contribution is 0.177. The number of benzene rings is 1. The van der Waals surface area contributed by atoms with E-state index in [1.165, 1.54) is 6.07 Å². The third-order valence-electron chi connectivity index (χ3n) is 3.42. The predicted octanol–water partition coefficient (Wildman–Crippen LogP) is 2.58. The fraction of sp³-hybridized carbons (Fsp3) is 0.385. The van der Waals surface area contributed by atoms with Gasteiger partial charge in [-0.3, -0.25) is 11.3 Å². The molecule has 18 heavy (non-hydrogen) atoms. The molecule has 0 saturated carbocycles. The lowest BCUT2D eigenvalue weighted by Crippen LogP contribution is -2.33. The molecule has 1 aliphatic heterocycles. The van der Waals surface area contributed by atoms with E-state index in [1.54, 1.807) is 17.4 Å². The van der Waals surface area contributed by atoms with Gasteiger partial charge in [-0.2, -0.15) is 0 Å². The molecule has 1 saturated heterocycles. The maximum atomic E-state index is 13.2. The van der Waals surface area contributed by atoms with Crippen molar-refractivity contribution in [3.8, 4) is 0 Å². The zero-order chi connectivity index (χ0) is 12.5. The number of rotatable bonds is 3. The molecular formula is C13H15FN2OS. The molecule has 0 bridgehead atoms. The van der Waals surface area contributed by atoms with E-state index < -0.39 is 0 Å². The largest absolute Gasteiger partial charge is 0.381 e.